The van der Waals surface area contributed by atoms with Crippen LogP contribution in [0.4, 0.5) is 11.4 Å². The molecular weight excluding hydrogens is 264 g/mol. The summed E-state index contributed by atoms with van der Waals surface area (Å²) in [5.74, 6) is 0.381. The second kappa shape index (κ2) is 6.79. The van der Waals surface area contributed by atoms with Gasteiger partial charge in [-0.3, -0.25) is 4.79 Å². The number of carbonyl (C=O) groups excluding carboxylic acids is 1. The fourth-order valence-corrected chi connectivity index (χ4v) is 2.18. The third-order valence-corrected chi connectivity index (χ3v) is 3.29. The molecule has 0 saturated carbocycles. The number of para-hydroxylation sites is 1. The van der Waals surface area contributed by atoms with Gasteiger partial charge in [0.05, 0.1) is 12.7 Å². The molecule has 0 fully saturated rings. The molecule has 0 aliphatic carbocycles. The van der Waals surface area contributed by atoms with Crippen LogP contribution < -0.4 is 15.8 Å². The van der Waals surface area contributed by atoms with E-state index in [1.54, 1.807) is 25.3 Å². The number of methoxy groups -OCH3 is 1. The highest BCUT2D eigenvalue weighted by Crippen LogP contribution is 2.22. The van der Waals surface area contributed by atoms with Gasteiger partial charge in [-0.05, 0) is 36.2 Å². The molecule has 2 aromatic rings. The Morgan fingerprint density at radius 3 is 2.71 bits per heavy atom. The smallest absolute Gasteiger partial charge is 0.257 e. The van der Waals surface area contributed by atoms with E-state index >= 15 is 0 Å². The number of nitrogen functional groups attached to an aromatic ring is 1. The quantitative estimate of drug-likeness (QED) is 0.826. The van der Waals surface area contributed by atoms with E-state index in [-0.39, 0.29) is 5.91 Å². The molecule has 1 amide bonds. The van der Waals surface area contributed by atoms with Gasteiger partial charge in [0.2, 0.25) is 0 Å². The van der Waals surface area contributed by atoms with Gasteiger partial charge in [0.15, 0.2) is 0 Å². The van der Waals surface area contributed by atoms with Crippen molar-refractivity contribution in [2.24, 2.45) is 0 Å². The highest BCUT2D eigenvalue weighted by Gasteiger charge is 2.12. The molecule has 0 aliphatic heterocycles. The van der Waals surface area contributed by atoms with Gasteiger partial charge >= 0.3 is 0 Å². The maximum Gasteiger partial charge on any atom is 0.257 e. The number of hydrogen-bond acceptors (Lipinski definition) is 3. The standard InChI is InChI=1S/C17H20N2O2/c1-3-6-12-7-4-5-8-16(12)19-17(20)14-11-13(21-2)9-10-15(14)18/h4-5,7-11H,3,6,18H2,1-2H3,(H,19,20). The molecule has 0 aliphatic rings. The van der Waals surface area contributed by atoms with Crippen molar-refractivity contribution in [3.63, 3.8) is 0 Å². The Morgan fingerprint density at radius 2 is 2.00 bits per heavy atom. The lowest BCUT2D eigenvalue weighted by Crippen LogP contribution is -2.15. The molecule has 110 valence electrons. The van der Waals surface area contributed by atoms with E-state index < -0.39 is 0 Å². The van der Waals surface area contributed by atoms with Crippen LogP contribution >= 0.6 is 0 Å². The molecule has 21 heavy (non-hydrogen) atoms. The number of nitrogens with one attached hydrogen (secondary N) is 1. The number of hydrogen-bond donors (Lipinski definition) is 2. The molecule has 0 aromatic heterocycles. The zero-order valence-electron chi connectivity index (χ0n) is 12.3. The van der Waals surface area contributed by atoms with Crippen LogP contribution in [0.25, 0.3) is 0 Å². The minimum atomic E-state index is -0.227. The van der Waals surface area contributed by atoms with Crippen molar-refractivity contribution in [2.75, 3.05) is 18.2 Å². The van der Waals surface area contributed by atoms with Crippen molar-refractivity contribution in [2.45, 2.75) is 19.8 Å². The van der Waals surface area contributed by atoms with Crippen LogP contribution in [0.15, 0.2) is 42.5 Å². The second-order valence-electron chi connectivity index (χ2n) is 4.81. The van der Waals surface area contributed by atoms with Gasteiger partial charge < -0.3 is 15.8 Å². The molecule has 0 heterocycles. The topological polar surface area (TPSA) is 64.3 Å². The predicted molar refractivity (Wildman–Crippen MR) is 85.8 cm³/mol. The van der Waals surface area contributed by atoms with Crippen LogP contribution in [0.1, 0.15) is 29.3 Å². The van der Waals surface area contributed by atoms with Crippen LogP contribution in [-0.4, -0.2) is 13.0 Å². The van der Waals surface area contributed by atoms with Gasteiger partial charge in [0.1, 0.15) is 5.75 Å². The van der Waals surface area contributed by atoms with Crippen molar-refractivity contribution in [1.82, 2.24) is 0 Å². The maximum absolute atomic E-state index is 12.4. The third-order valence-electron chi connectivity index (χ3n) is 3.29. The van der Waals surface area contributed by atoms with Crippen molar-refractivity contribution >= 4 is 17.3 Å². The van der Waals surface area contributed by atoms with Gasteiger partial charge in [-0.25, -0.2) is 0 Å². The van der Waals surface area contributed by atoms with E-state index in [1.165, 1.54) is 0 Å². The van der Waals surface area contributed by atoms with Crippen molar-refractivity contribution in [3.8, 4) is 5.75 Å². The first kappa shape index (κ1) is 14.9. The molecule has 2 aromatic carbocycles. The second-order valence-corrected chi connectivity index (χ2v) is 4.81. The van der Waals surface area contributed by atoms with Crippen LogP contribution in [-0.2, 0) is 6.42 Å². The maximum atomic E-state index is 12.4. The van der Waals surface area contributed by atoms with E-state index in [2.05, 4.69) is 12.2 Å². The Morgan fingerprint density at radius 1 is 1.24 bits per heavy atom. The Bertz CT molecular complexity index is 638. The first-order valence-electron chi connectivity index (χ1n) is 6.98. The Hall–Kier alpha value is -2.49. The SMILES string of the molecule is CCCc1ccccc1NC(=O)c1cc(OC)ccc1N. The first-order chi connectivity index (χ1) is 10.2. The molecule has 3 N–H and O–H groups in total. The molecule has 0 radical (unpaired) electrons. The van der Waals surface area contributed by atoms with E-state index in [1.807, 2.05) is 24.3 Å². The average molecular weight is 284 g/mol. The number of benzene rings is 2. The van der Waals surface area contributed by atoms with Gasteiger partial charge in [-0.2, -0.15) is 0 Å². The minimum absolute atomic E-state index is 0.227. The highest BCUT2D eigenvalue weighted by atomic mass is 16.5. The van der Waals surface area contributed by atoms with Gasteiger partial charge in [-0.1, -0.05) is 31.5 Å². The summed E-state index contributed by atoms with van der Waals surface area (Å²) in [7, 11) is 1.56. The van der Waals surface area contributed by atoms with E-state index in [4.69, 9.17) is 10.5 Å². The molecule has 0 bridgehead atoms. The van der Waals surface area contributed by atoms with Crippen LogP contribution in [0.3, 0.4) is 0 Å². The van der Waals surface area contributed by atoms with Crippen molar-refractivity contribution in [3.05, 3.63) is 53.6 Å². The fraction of sp³-hybridized carbons (Fsp3) is 0.235. The molecule has 4 nitrogen and oxygen atoms in total. The molecule has 0 spiro atoms. The molecule has 4 heteroatoms. The Labute approximate surface area is 124 Å². The monoisotopic (exact) mass is 284 g/mol. The lowest BCUT2D eigenvalue weighted by atomic mass is 10.1. The summed E-state index contributed by atoms with van der Waals surface area (Å²) in [4.78, 5) is 12.4. The third kappa shape index (κ3) is 3.54. The van der Waals surface area contributed by atoms with E-state index in [0.29, 0.717) is 17.0 Å². The number of rotatable bonds is 5. The Balaban J connectivity index is 2.26. The van der Waals surface area contributed by atoms with Gasteiger partial charge in [0, 0.05) is 11.4 Å². The lowest BCUT2D eigenvalue weighted by molar-refractivity contribution is 0.102. The largest absolute Gasteiger partial charge is 0.497 e. The number of amides is 1. The Kier molecular flexibility index (Phi) is 4.82. The molecule has 0 atom stereocenters. The van der Waals surface area contributed by atoms with Gasteiger partial charge in [-0.15, -0.1) is 0 Å². The zero-order chi connectivity index (χ0) is 15.2. The van der Waals surface area contributed by atoms with Crippen LogP contribution in [0, 0.1) is 0 Å². The lowest BCUT2D eigenvalue weighted by Gasteiger charge is -2.12. The summed E-state index contributed by atoms with van der Waals surface area (Å²) in [5, 5.41) is 2.93. The molecule has 2 rings (SSSR count). The van der Waals surface area contributed by atoms with Crippen molar-refractivity contribution < 1.29 is 9.53 Å². The highest BCUT2D eigenvalue weighted by molar-refractivity contribution is 6.08. The summed E-state index contributed by atoms with van der Waals surface area (Å²) in [6, 6.07) is 12.9. The van der Waals surface area contributed by atoms with Crippen LogP contribution in [0.2, 0.25) is 0 Å². The van der Waals surface area contributed by atoms with Crippen LogP contribution in [0.5, 0.6) is 5.75 Å². The number of carbonyl (C=O) groups is 1. The molecule has 0 unspecified atom stereocenters. The first-order valence-corrected chi connectivity index (χ1v) is 6.98. The summed E-state index contributed by atoms with van der Waals surface area (Å²) < 4.78 is 5.14. The molecule has 0 saturated heterocycles. The zero-order valence-corrected chi connectivity index (χ0v) is 12.3. The number of aryl methyl sites for hydroxylation is 1. The fourth-order valence-electron chi connectivity index (χ4n) is 2.18. The van der Waals surface area contributed by atoms with E-state index in [0.717, 1.165) is 24.1 Å². The number of nitrogens with two attached hydrogens (primary N) is 1. The number of anilines is 2. The average Bonchev–Trinajstić information content (AvgIpc) is 2.50. The summed E-state index contributed by atoms with van der Waals surface area (Å²) in [5.41, 5.74) is 8.67. The minimum Gasteiger partial charge on any atom is -0.497 e. The van der Waals surface area contributed by atoms with Crippen molar-refractivity contribution in [1.29, 1.82) is 0 Å². The predicted octanol–water partition coefficient (Wildman–Crippen LogP) is 3.48. The van der Waals surface area contributed by atoms with Gasteiger partial charge in [0.25, 0.3) is 5.91 Å². The summed E-state index contributed by atoms with van der Waals surface area (Å²) in [6.07, 6.45) is 1.94. The normalized spacial score (nSPS) is 10.2. The molecular formula is C17H20N2O2. The van der Waals surface area contributed by atoms with E-state index in [9.17, 15) is 4.79 Å². The summed E-state index contributed by atoms with van der Waals surface area (Å²) >= 11 is 0. The number of ether oxygens (including phenoxy) is 1. The summed E-state index contributed by atoms with van der Waals surface area (Å²) in [6.45, 7) is 2.11.